The molecule has 0 aromatic carbocycles. The van der Waals surface area contributed by atoms with Gasteiger partial charge in [0.15, 0.2) is 11.6 Å². The summed E-state index contributed by atoms with van der Waals surface area (Å²) in [7, 11) is 1.70. The number of carbonyl (C=O) groups is 1. The fourth-order valence-electron chi connectivity index (χ4n) is 1.48. The largest absolute Gasteiger partial charge is 0.462 e. The Kier molecular flexibility index (Phi) is 4.43. The third-order valence-electron chi connectivity index (χ3n) is 2.27. The molecule has 0 saturated carbocycles. The van der Waals surface area contributed by atoms with Crippen molar-refractivity contribution in [3.05, 3.63) is 29.3 Å². The Hall–Kier alpha value is -1.99. The number of ether oxygens (including phenoxy) is 1. The smallest absolute Gasteiger partial charge is 0.343 e. The van der Waals surface area contributed by atoms with E-state index in [1.54, 1.807) is 14.0 Å². The zero-order valence-electron chi connectivity index (χ0n) is 10.6. The van der Waals surface area contributed by atoms with Crippen molar-refractivity contribution in [3.63, 3.8) is 0 Å². The molecule has 0 saturated heterocycles. The normalized spacial score (nSPS) is 10.2. The van der Waals surface area contributed by atoms with Crippen LogP contribution in [0.15, 0.2) is 23.7 Å². The SMILES string of the molecule is CCOC(=O)c1cnc(-c2cccs2)nc1NNC. The van der Waals surface area contributed by atoms with Crippen molar-refractivity contribution in [2.24, 2.45) is 0 Å². The van der Waals surface area contributed by atoms with Crippen molar-refractivity contribution in [2.75, 3.05) is 19.1 Å². The summed E-state index contributed by atoms with van der Waals surface area (Å²) in [4.78, 5) is 21.2. The number of aromatic nitrogens is 2. The van der Waals surface area contributed by atoms with Gasteiger partial charge < -0.3 is 10.2 Å². The van der Waals surface area contributed by atoms with Gasteiger partial charge in [-0.15, -0.1) is 11.3 Å². The molecule has 2 aromatic heterocycles. The Morgan fingerprint density at radius 2 is 2.37 bits per heavy atom. The van der Waals surface area contributed by atoms with E-state index in [4.69, 9.17) is 4.74 Å². The van der Waals surface area contributed by atoms with E-state index in [1.165, 1.54) is 17.5 Å². The van der Waals surface area contributed by atoms with Gasteiger partial charge in [0.2, 0.25) is 0 Å². The molecule has 2 N–H and O–H groups in total. The van der Waals surface area contributed by atoms with Crippen LogP contribution in [0.25, 0.3) is 10.7 Å². The number of anilines is 1. The molecule has 0 unspecified atom stereocenters. The lowest BCUT2D eigenvalue weighted by Gasteiger charge is -2.10. The zero-order valence-corrected chi connectivity index (χ0v) is 11.5. The molecule has 0 bridgehead atoms. The topological polar surface area (TPSA) is 76.1 Å². The molecule has 2 heterocycles. The number of hydrogen-bond donors (Lipinski definition) is 2. The van der Waals surface area contributed by atoms with Gasteiger partial charge in [-0.1, -0.05) is 6.07 Å². The number of esters is 1. The molecule has 0 radical (unpaired) electrons. The van der Waals surface area contributed by atoms with E-state index in [1.807, 2.05) is 17.5 Å². The first-order valence-electron chi connectivity index (χ1n) is 5.77. The Balaban J connectivity index is 2.37. The predicted octanol–water partition coefficient (Wildman–Crippen LogP) is 1.93. The third kappa shape index (κ3) is 3.07. The summed E-state index contributed by atoms with van der Waals surface area (Å²) in [5, 5.41) is 1.95. The lowest BCUT2D eigenvalue weighted by atomic mass is 10.3. The molecule has 0 aliphatic carbocycles. The summed E-state index contributed by atoms with van der Waals surface area (Å²) in [6.45, 7) is 2.06. The first-order valence-corrected chi connectivity index (χ1v) is 6.65. The summed E-state index contributed by atoms with van der Waals surface area (Å²) in [5.41, 5.74) is 5.87. The summed E-state index contributed by atoms with van der Waals surface area (Å²) in [5.74, 6) is 0.526. The number of hydrazine groups is 1. The zero-order chi connectivity index (χ0) is 13.7. The molecule has 19 heavy (non-hydrogen) atoms. The second-order valence-electron chi connectivity index (χ2n) is 3.53. The van der Waals surface area contributed by atoms with Crippen LogP contribution in [-0.2, 0) is 4.74 Å². The van der Waals surface area contributed by atoms with Crippen LogP contribution < -0.4 is 10.9 Å². The number of carbonyl (C=O) groups excluding carboxylic acids is 1. The summed E-state index contributed by atoms with van der Waals surface area (Å²) < 4.78 is 4.96. The molecule has 100 valence electrons. The minimum absolute atomic E-state index is 0.302. The standard InChI is InChI=1S/C12H14N4O2S/c1-3-18-12(17)8-7-14-11(9-5-4-6-19-9)15-10(8)16-13-2/h4-7,13H,3H2,1-2H3,(H,14,15,16). The van der Waals surface area contributed by atoms with Gasteiger partial charge in [0, 0.05) is 13.2 Å². The van der Waals surface area contributed by atoms with Crippen molar-refractivity contribution >= 4 is 23.1 Å². The molecule has 0 aliphatic heterocycles. The summed E-state index contributed by atoms with van der Waals surface area (Å²) in [6.07, 6.45) is 1.47. The quantitative estimate of drug-likeness (QED) is 0.643. The third-order valence-corrected chi connectivity index (χ3v) is 3.13. The molecule has 0 atom stereocenters. The maximum atomic E-state index is 11.8. The van der Waals surface area contributed by atoms with Crippen LogP contribution in [-0.4, -0.2) is 29.6 Å². The van der Waals surface area contributed by atoms with E-state index in [0.717, 1.165) is 4.88 Å². The molecule has 0 amide bonds. The Morgan fingerprint density at radius 3 is 3.00 bits per heavy atom. The molecule has 7 heteroatoms. The van der Waals surface area contributed by atoms with E-state index in [2.05, 4.69) is 20.8 Å². The van der Waals surface area contributed by atoms with Gasteiger partial charge in [0.1, 0.15) is 5.56 Å². The van der Waals surface area contributed by atoms with Crippen LogP contribution in [0.5, 0.6) is 0 Å². The van der Waals surface area contributed by atoms with E-state index < -0.39 is 5.97 Å². The number of hydrogen-bond acceptors (Lipinski definition) is 7. The van der Waals surface area contributed by atoms with E-state index in [0.29, 0.717) is 23.8 Å². The Bertz CT molecular complexity index is 557. The second kappa shape index (κ2) is 6.26. The molecular weight excluding hydrogens is 264 g/mol. The molecule has 2 aromatic rings. The van der Waals surface area contributed by atoms with Crippen molar-refractivity contribution in [3.8, 4) is 10.7 Å². The highest BCUT2D eigenvalue weighted by Gasteiger charge is 2.16. The first kappa shape index (κ1) is 13.4. The lowest BCUT2D eigenvalue weighted by Crippen LogP contribution is -2.20. The first-order chi connectivity index (χ1) is 9.26. The average molecular weight is 278 g/mol. The van der Waals surface area contributed by atoms with E-state index >= 15 is 0 Å². The van der Waals surface area contributed by atoms with Gasteiger partial charge >= 0.3 is 5.97 Å². The molecule has 0 spiro atoms. The van der Waals surface area contributed by atoms with Crippen molar-refractivity contribution in [1.82, 2.24) is 15.4 Å². The van der Waals surface area contributed by atoms with E-state index in [9.17, 15) is 4.79 Å². The maximum absolute atomic E-state index is 11.8. The van der Waals surface area contributed by atoms with Crippen LogP contribution in [0.4, 0.5) is 5.82 Å². The van der Waals surface area contributed by atoms with Gasteiger partial charge in [-0.3, -0.25) is 0 Å². The highest BCUT2D eigenvalue weighted by Crippen LogP contribution is 2.23. The predicted molar refractivity (Wildman–Crippen MR) is 74.0 cm³/mol. The highest BCUT2D eigenvalue weighted by atomic mass is 32.1. The minimum atomic E-state index is -0.446. The van der Waals surface area contributed by atoms with Crippen molar-refractivity contribution in [2.45, 2.75) is 6.92 Å². The Labute approximate surface area is 114 Å². The van der Waals surface area contributed by atoms with Gasteiger partial charge in [0.05, 0.1) is 11.5 Å². The summed E-state index contributed by atoms with van der Waals surface area (Å²) in [6, 6.07) is 3.85. The summed E-state index contributed by atoms with van der Waals surface area (Å²) >= 11 is 1.54. The fourth-order valence-corrected chi connectivity index (χ4v) is 2.14. The van der Waals surface area contributed by atoms with Crippen LogP contribution in [0.3, 0.4) is 0 Å². The van der Waals surface area contributed by atoms with Crippen molar-refractivity contribution in [1.29, 1.82) is 0 Å². The molecule has 0 aliphatic rings. The van der Waals surface area contributed by atoms with Gasteiger partial charge in [-0.2, -0.15) is 0 Å². The highest BCUT2D eigenvalue weighted by molar-refractivity contribution is 7.13. The number of thiophene rings is 1. The van der Waals surface area contributed by atoms with Crippen LogP contribution in [0.2, 0.25) is 0 Å². The molecule has 2 rings (SSSR count). The molecule has 0 fully saturated rings. The van der Waals surface area contributed by atoms with Crippen LogP contribution >= 0.6 is 11.3 Å². The number of nitrogens with zero attached hydrogens (tertiary/aromatic N) is 2. The minimum Gasteiger partial charge on any atom is -0.462 e. The van der Waals surface area contributed by atoms with Gasteiger partial charge in [-0.05, 0) is 18.4 Å². The second-order valence-corrected chi connectivity index (χ2v) is 4.48. The van der Waals surface area contributed by atoms with Gasteiger partial charge in [-0.25, -0.2) is 20.2 Å². The maximum Gasteiger partial charge on any atom is 0.343 e. The average Bonchev–Trinajstić information content (AvgIpc) is 2.93. The van der Waals surface area contributed by atoms with E-state index in [-0.39, 0.29) is 0 Å². The van der Waals surface area contributed by atoms with Gasteiger partial charge in [0.25, 0.3) is 0 Å². The lowest BCUT2D eigenvalue weighted by molar-refractivity contribution is 0.0526. The van der Waals surface area contributed by atoms with Crippen LogP contribution in [0, 0.1) is 0 Å². The molecule has 6 nitrogen and oxygen atoms in total. The van der Waals surface area contributed by atoms with Crippen molar-refractivity contribution < 1.29 is 9.53 Å². The monoisotopic (exact) mass is 278 g/mol. The number of rotatable bonds is 5. The Morgan fingerprint density at radius 1 is 1.53 bits per heavy atom. The fraction of sp³-hybridized carbons (Fsp3) is 0.250. The van der Waals surface area contributed by atoms with Crippen LogP contribution in [0.1, 0.15) is 17.3 Å². The number of nitrogens with one attached hydrogen (secondary N) is 2. The molecular formula is C12H14N4O2S.